The van der Waals surface area contributed by atoms with E-state index in [0.29, 0.717) is 28.7 Å². The normalized spacial score (nSPS) is 21.1. The van der Waals surface area contributed by atoms with E-state index in [4.69, 9.17) is 10.6 Å². The van der Waals surface area contributed by atoms with Crippen molar-refractivity contribution in [1.29, 1.82) is 0 Å². The lowest BCUT2D eigenvalue weighted by molar-refractivity contribution is -0.911. The number of nitrogens with zero attached hydrogens (tertiary/aromatic N) is 5. The molecule has 2 unspecified atom stereocenters. The molecular formula is C35H43N8O9S2+. The number of aliphatic carboxylic acids is 1. The number of likely N-dealkylation sites (tertiary alicyclic amines) is 1. The van der Waals surface area contributed by atoms with E-state index in [1.807, 2.05) is 0 Å². The highest BCUT2D eigenvalue weighted by molar-refractivity contribution is 8.01. The molecule has 19 heteroatoms. The molecule has 1 aromatic carbocycles. The third-order valence-electron chi connectivity index (χ3n) is 10.1. The topological polar surface area (TPSA) is 239 Å². The van der Waals surface area contributed by atoms with Gasteiger partial charge in [-0.25, -0.2) is 9.78 Å². The van der Waals surface area contributed by atoms with Gasteiger partial charge in [-0.05, 0) is 32.9 Å². The third kappa shape index (κ3) is 7.15. The number of rotatable bonds is 13. The van der Waals surface area contributed by atoms with Crippen molar-refractivity contribution >= 4 is 68.5 Å². The van der Waals surface area contributed by atoms with Crippen LogP contribution in [0.25, 0.3) is 10.9 Å². The van der Waals surface area contributed by atoms with Crippen LogP contribution >= 0.6 is 23.1 Å². The van der Waals surface area contributed by atoms with E-state index in [0.717, 1.165) is 37.3 Å². The van der Waals surface area contributed by atoms with E-state index >= 15 is 0 Å². The molecule has 2 atom stereocenters. The van der Waals surface area contributed by atoms with E-state index < -0.39 is 52.1 Å². The average molecular weight is 784 g/mol. The number of nitrogens with one attached hydrogen (secondary N) is 2. The van der Waals surface area contributed by atoms with Gasteiger partial charge >= 0.3 is 5.97 Å². The number of nitrogen functional groups attached to an aromatic ring is 1. The molecule has 0 bridgehead atoms. The first-order valence-corrected chi connectivity index (χ1v) is 19.1. The number of carboxylic acid groups (broad SMARTS) is 1. The van der Waals surface area contributed by atoms with Crippen LogP contribution in [0.5, 0.6) is 5.75 Å². The number of aromatic hydroxyl groups is 1. The van der Waals surface area contributed by atoms with Crippen molar-refractivity contribution in [2.24, 2.45) is 12.2 Å². The number of oxime groups is 1. The van der Waals surface area contributed by atoms with Gasteiger partial charge in [0.25, 0.3) is 17.7 Å². The van der Waals surface area contributed by atoms with E-state index in [9.17, 15) is 39.3 Å². The van der Waals surface area contributed by atoms with Gasteiger partial charge in [0, 0.05) is 36.6 Å². The number of para-hydroxylation sites is 1. The number of nitrogens with two attached hydrogens (primary N) is 1. The largest absolute Gasteiger partial charge is 0.503 e. The first-order valence-electron chi connectivity index (χ1n) is 17.3. The van der Waals surface area contributed by atoms with Crippen LogP contribution in [0.1, 0.15) is 49.7 Å². The first kappa shape index (κ1) is 38.7. The number of hydrogen-bond donors (Lipinski definition) is 6. The van der Waals surface area contributed by atoms with E-state index in [1.165, 1.54) is 32.8 Å². The second-order valence-electron chi connectivity index (χ2n) is 14.5. The predicted octanol–water partition coefficient (Wildman–Crippen LogP) is 0.944. The van der Waals surface area contributed by atoms with Gasteiger partial charge in [-0.1, -0.05) is 11.2 Å². The molecule has 6 rings (SSSR count). The number of carboxylic acids is 1. The minimum Gasteiger partial charge on any atom is -0.503 e. The highest BCUT2D eigenvalue weighted by atomic mass is 32.2. The van der Waals surface area contributed by atoms with Gasteiger partial charge in [-0.2, -0.15) is 0 Å². The van der Waals surface area contributed by atoms with Gasteiger partial charge in [0.1, 0.15) is 28.8 Å². The maximum atomic E-state index is 13.8. The first-order chi connectivity index (χ1) is 25.5. The Balaban J connectivity index is 1.18. The number of amides is 3. The maximum Gasteiger partial charge on any atom is 0.352 e. The minimum absolute atomic E-state index is 0.112. The molecule has 0 spiro atoms. The standard InChI is InChI=1S/C35H42N8O9S2/c1-34(2,18-44)52-40-24(22-17-53-33(36)38-22)30(48)39-28-31(49)42-25(32(50)51)19(16-54-35(28,42)3)15-43(11-5-6-12-43)13-10-37-29(47)21-9-7-8-20-26(21)41(4)14-23(45)27(20)46/h7-9,14,17,28,44H,5-6,10-13,15-16,18H2,1-4H3,(H5-,36,37,38,39,45,47,48,50,51)/p+1. The Morgan fingerprint density at radius 1 is 1.22 bits per heavy atom. The fourth-order valence-electron chi connectivity index (χ4n) is 7.25. The Labute approximate surface area is 318 Å². The summed E-state index contributed by atoms with van der Waals surface area (Å²) in [7, 11) is 1.64. The van der Waals surface area contributed by atoms with Crippen molar-refractivity contribution in [3.05, 3.63) is 62.5 Å². The molecule has 2 saturated heterocycles. The van der Waals surface area contributed by atoms with Crippen molar-refractivity contribution in [3.8, 4) is 5.75 Å². The molecule has 5 heterocycles. The number of aryl methyl sites for hydroxylation is 1. The Kier molecular flexibility index (Phi) is 10.5. The summed E-state index contributed by atoms with van der Waals surface area (Å²) >= 11 is 2.43. The molecule has 3 aliphatic heterocycles. The number of β-lactam (4-membered cyclic amide) rings is 1. The van der Waals surface area contributed by atoms with Crippen LogP contribution in [0, 0.1) is 0 Å². The van der Waals surface area contributed by atoms with Crippen LogP contribution in [-0.2, 0) is 26.3 Å². The van der Waals surface area contributed by atoms with Crippen molar-refractivity contribution < 1.29 is 43.8 Å². The number of aliphatic hydroxyl groups is 1. The zero-order valence-corrected chi connectivity index (χ0v) is 31.9. The number of carbonyl (C=O) groups excluding carboxylic acids is 3. The fourth-order valence-corrected chi connectivity index (χ4v) is 9.13. The summed E-state index contributed by atoms with van der Waals surface area (Å²) in [6, 6.07) is 3.66. The summed E-state index contributed by atoms with van der Waals surface area (Å²) < 4.78 is 2.05. The molecule has 0 saturated carbocycles. The molecule has 3 aromatic rings. The fraction of sp³-hybridized carbons (Fsp3) is 0.457. The van der Waals surface area contributed by atoms with Crippen LogP contribution in [0.2, 0.25) is 0 Å². The van der Waals surface area contributed by atoms with Crippen LogP contribution in [0.4, 0.5) is 5.13 Å². The van der Waals surface area contributed by atoms with E-state index in [-0.39, 0.29) is 51.4 Å². The van der Waals surface area contributed by atoms with Crippen molar-refractivity contribution in [1.82, 2.24) is 25.1 Å². The predicted molar refractivity (Wildman–Crippen MR) is 202 cm³/mol. The van der Waals surface area contributed by atoms with Gasteiger partial charge in [-0.3, -0.25) is 24.1 Å². The van der Waals surface area contributed by atoms with Crippen molar-refractivity contribution in [2.45, 2.75) is 50.1 Å². The summed E-state index contributed by atoms with van der Waals surface area (Å²) in [6.07, 6.45) is 3.09. The van der Waals surface area contributed by atoms with Crippen LogP contribution < -0.4 is 21.8 Å². The summed E-state index contributed by atoms with van der Waals surface area (Å²) in [6.45, 7) is 7.07. The number of anilines is 1. The molecule has 288 valence electrons. The number of thioether (sulfide) groups is 1. The molecule has 17 nitrogen and oxygen atoms in total. The highest BCUT2D eigenvalue weighted by Gasteiger charge is 2.63. The van der Waals surface area contributed by atoms with Crippen LogP contribution in [0.3, 0.4) is 0 Å². The zero-order valence-electron chi connectivity index (χ0n) is 30.2. The van der Waals surface area contributed by atoms with Gasteiger partial charge in [-0.15, -0.1) is 23.1 Å². The molecule has 54 heavy (non-hydrogen) atoms. The summed E-state index contributed by atoms with van der Waals surface area (Å²) in [5, 5.41) is 41.6. The summed E-state index contributed by atoms with van der Waals surface area (Å²) in [5.41, 5.74) is 5.11. The second-order valence-corrected chi connectivity index (χ2v) is 16.8. The quantitative estimate of drug-likeness (QED) is 0.0615. The van der Waals surface area contributed by atoms with Crippen molar-refractivity contribution in [2.75, 3.05) is 50.8 Å². The second kappa shape index (κ2) is 14.7. The number of thiazole rings is 1. The Morgan fingerprint density at radius 2 is 1.94 bits per heavy atom. The Bertz CT molecular complexity index is 2160. The lowest BCUT2D eigenvalue weighted by Gasteiger charge is -2.57. The van der Waals surface area contributed by atoms with Gasteiger partial charge in [0.2, 0.25) is 5.43 Å². The number of carbonyl (C=O) groups is 4. The lowest BCUT2D eigenvalue weighted by Crippen LogP contribution is -2.78. The molecule has 0 radical (unpaired) electrons. The van der Waals surface area contributed by atoms with Gasteiger partial charge in [0.15, 0.2) is 22.2 Å². The Hall–Kier alpha value is -4.98. The molecule has 3 amide bonds. The lowest BCUT2D eigenvalue weighted by atomic mass is 9.92. The molecular weight excluding hydrogens is 741 g/mol. The van der Waals surface area contributed by atoms with E-state index in [1.54, 1.807) is 46.0 Å². The number of fused-ring (bicyclic) bond motifs is 2. The van der Waals surface area contributed by atoms with Crippen molar-refractivity contribution in [3.63, 3.8) is 0 Å². The average Bonchev–Trinajstić information content (AvgIpc) is 3.78. The van der Waals surface area contributed by atoms with Crippen LogP contribution in [-0.4, -0.2) is 125 Å². The molecule has 0 aliphatic carbocycles. The monoisotopic (exact) mass is 783 g/mol. The summed E-state index contributed by atoms with van der Waals surface area (Å²) in [4.78, 5) is 75.8. The zero-order chi connectivity index (χ0) is 39.2. The number of aromatic nitrogens is 2. The number of pyridine rings is 1. The number of quaternary nitrogens is 1. The number of aliphatic hydroxyl groups excluding tert-OH is 1. The number of hydrogen-bond acceptors (Lipinski definition) is 13. The van der Waals surface area contributed by atoms with Gasteiger partial charge in [0.05, 0.1) is 55.4 Å². The molecule has 3 aliphatic rings. The highest BCUT2D eigenvalue weighted by Crippen LogP contribution is 2.50. The minimum atomic E-state index is -1.26. The SMILES string of the molecule is Cn1cc(O)c(=O)c2cccc(C(=O)NCC[N+]3(CC4=C(C(=O)O)N5C(=O)C(NC(=O)C(=NOC(C)(C)CO)c6csc(N)n6)C5(C)SC4)CCCC3)c21. The maximum absolute atomic E-state index is 13.8. The molecule has 2 fully saturated rings. The van der Waals surface area contributed by atoms with Gasteiger partial charge < -0.3 is 45.6 Å². The number of benzene rings is 1. The van der Waals surface area contributed by atoms with E-state index in [2.05, 4.69) is 20.8 Å². The molecule has 7 N–H and O–H groups in total. The Morgan fingerprint density at radius 3 is 2.59 bits per heavy atom. The molecule has 2 aromatic heterocycles. The smallest absolute Gasteiger partial charge is 0.352 e. The summed E-state index contributed by atoms with van der Waals surface area (Å²) in [5.74, 6) is -3.15. The third-order valence-corrected chi connectivity index (χ3v) is 12.3. The van der Waals surface area contributed by atoms with Crippen LogP contribution in [0.15, 0.2) is 51.0 Å².